The van der Waals surface area contributed by atoms with E-state index in [1.54, 1.807) is 6.92 Å². The van der Waals surface area contributed by atoms with E-state index in [9.17, 15) is 14.7 Å². The average molecular weight is 296 g/mol. The Morgan fingerprint density at radius 2 is 1.81 bits per heavy atom. The molecule has 0 saturated heterocycles. The van der Waals surface area contributed by atoms with Gasteiger partial charge < -0.3 is 15.7 Å². The molecule has 0 radical (unpaired) electrons. The molecule has 3 N–H and O–H groups in total. The Kier molecular flexibility index (Phi) is 4.79. The third kappa shape index (κ3) is 3.50. The zero-order chi connectivity index (χ0) is 15.6. The van der Waals surface area contributed by atoms with Crippen LogP contribution in [0.5, 0.6) is 0 Å². The van der Waals surface area contributed by atoms with Crippen LogP contribution in [0.2, 0.25) is 0 Å². The minimum Gasteiger partial charge on any atom is -0.481 e. The number of urea groups is 1. The van der Waals surface area contributed by atoms with Crippen LogP contribution in [0.25, 0.3) is 0 Å². The molecule has 0 aromatic rings. The van der Waals surface area contributed by atoms with Crippen LogP contribution in [-0.2, 0) is 4.79 Å². The average Bonchev–Trinajstić information content (AvgIpc) is 2.77. The van der Waals surface area contributed by atoms with Gasteiger partial charge in [0.15, 0.2) is 0 Å². The summed E-state index contributed by atoms with van der Waals surface area (Å²) in [7, 11) is 0. The molecule has 2 aliphatic carbocycles. The van der Waals surface area contributed by atoms with Crippen LogP contribution in [0.15, 0.2) is 0 Å². The lowest BCUT2D eigenvalue weighted by atomic mass is 9.79. The van der Waals surface area contributed by atoms with Gasteiger partial charge in [0.1, 0.15) is 0 Å². The first-order valence-corrected chi connectivity index (χ1v) is 8.13. The molecule has 0 heterocycles. The van der Waals surface area contributed by atoms with E-state index >= 15 is 0 Å². The Labute approximate surface area is 126 Å². The maximum atomic E-state index is 12.2. The van der Waals surface area contributed by atoms with Crippen LogP contribution in [0.1, 0.15) is 59.3 Å². The Bertz CT molecular complexity index is 412. The summed E-state index contributed by atoms with van der Waals surface area (Å²) in [5, 5.41) is 15.3. The quantitative estimate of drug-likeness (QED) is 0.749. The number of nitrogens with one attached hydrogen (secondary N) is 2. The fourth-order valence-corrected chi connectivity index (χ4v) is 3.72. The van der Waals surface area contributed by atoms with Gasteiger partial charge in [-0.2, -0.15) is 0 Å². The molecule has 0 spiro atoms. The highest BCUT2D eigenvalue weighted by atomic mass is 16.4. The van der Waals surface area contributed by atoms with Crippen LogP contribution in [0.3, 0.4) is 0 Å². The molecule has 2 amide bonds. The van der Waals surface area contributed by atoms with Crippen molar-refractivity contribution in [2.45, 2.75) is 71.4 Å². The second-order valence-corrected chi connectivity index (χ2v) is 7.25. The molecule has 0 aromatic carbocycles. The second kappa shape index (κ2) is 6.24. The number of amides is 2. The third-order valence-electron chi connectivity index (χ3n) is 5.69. The van der Waals surface area contributed by atoms with Gasteiger partial charge in [-0.3, -0.25) is 4.79 Å². The van der Waals surface area contributed by atoms with Crippen molar-refractivity contribution < 1.29 is 14.7 Å². The van der Waals surface area contributed by atoms with Gasteiger partial charge >= 0.3 is 12.0 Å². The molecular weight excluding hydrogens is 268 g/mol. The van der Waals surface area contributed by atoms with Gasteiger partial charge in [0.25, 0.3) is 0 Å². The number of hydrogen-bond donors (Lipinski definition) is 3. The lowest BCUT2D eigenvalue weighted by Crippen LogP contribution is -2.52. The van der Waals surface area contributed by atoms with Crippen molar-refractivity contribution in [2.24, 2.45) is 17.3 Å². The number of carboxylic acids is 1. The SMILES string of the molecule is CC1CCC(NC(=O)NC2CCCC2(C)C(=O)O)CC1C. The van der Waals surface area contributed by atoms with Crippen LogP contribution in [-0.4, -0.2) is 29.2 Å². The highest BCUT2D eigenvalue weighted by molar-refractivity contribution is 5.79. The number of carbonyl (C=O) groups excluding carboxylic acids is 1. The molecule has 2 aliphatic rings. The fourth-order valence-electron chi connectivity index (χ4n) is 3.72. The van der Waals surface area contributed by atoms with E-state index in [2.05, 4.69) is 24.5 Å². The van der Waals surface area contributed by atoms with Gasteiger partial charge in [-0.15, -0.1) is 0 Å². The minimum absolute atomic E-state index is 0.207. The topological polar surface area (TPSA) is 78.4 Å². The molecule has 5 unspecified atom stereocenters. The van der Waals surface area contributed by atoms with Gasteiger partial charge in [0.2, 0.25) is 0 Å². The normalized spacial score (nSPS) is 39.8. The number of rotatable bonds is 3. The summed E-state index contributed by atoms with van der Waals surface area (Å²) in [6.07, 6.45) is 5.39. The van der Waals surface area contributed by atoms with E-state index in [0.29, 0.717) is 12.3 Å². The van der Waals surface area contributed by atoms with E-state index in [1.807, 2.05) is 0 Å². The first-order valence-electron chi connectivity index (χ1n) is 8.13. The molecule has 2 fully saturated rings. The predicted molar refractivity (Wildman–Crippen MR) is 81.0 cm³/mol. The zero-order valence-electron chi connectivity index (χ0n) is 13.3. The molecular formula is C16H28N2O3. The van der Waals surface area contributed by atoms with Crippen molar-refractivity contribution in [2.75, 3.05) is 0 Å². The molecule has 120 valence electrons. The maximum absolute atomic E-state index is 12.2. The molecule has 5 heteroatoms. The summed E-state index contributed by atoms with van der Waals surface area (Å²) in [4.78, 5) is 23.6. The smallest absolute Gasteiger partial charge is 0.315 e. The van der Waals surface area contributed by atoms with Crippen molar-refractivity contribution in [3.8, 4) is 0 Å². The van der Waals surface area contributed by atoms with Gasteiger partial charge in [-0.05, 0) is 50.9 Å². The van der Waals surface area contributed by atoms with E-state index < -0.39 is 11.4 Å². The monoisotopic (exact) mass is 296 g/mol. The summed E-state index contributed by atoms with van der Waals surface area (Å²) in [5.41, 5.74) is -0.828. The highest BCUT2D eigenvalue weighted by Gasteiger charge is 2.46. The lowest BCUT2D eigenvalue weighted by Gasteiger charge is -2.33. The van der Waals surface area contributed by atoms with Crippen LogP contribution in [0, 0.1) is 17.3 Å². The van der Waals surface area contributed by atoms with Crippen LogP contribution in [0.4, 0.5) is 4.79 Å². The summed E-state index contributed by atoms with van der Waals surface area (Å²) in [5.74, 6) is 0.529. The van der Waals surface area contributed by atoms with Crippen molar-refractivity contribution >= 4 is 12.0 Å². The largest absolute Gasteiger partial charge is 0.481 e. The van der Waals surface area contributed by atoms with Gasteiger partial charge in [-0.25, -0.2) is 4.79 Å². The van der Waals surface area contributed by atoms with Crippen molar-refractivity contribution in [1.29, 1.82) is 0 Å². The summed E-state index contributed by atoms with van der Waals surface area (Å²) >= 11 is 0. The van der Waals surface area contributed by atoms with Gasteiger partial charge in [-0.1, -0.05) is 20.3 Å². The summed E-state index contributed by atoms with van der Waals surface area (Å²) in [6.45, 7) is 6.23. The molecule has 0 aliphatic heterocycles. The summed E-state index contributed by atoms with van der Waals surface area (Å²) < 4.78 is 0. The van der Waals surface area contributed by atoms with E-state index in [4.69, 9.17) is 0 Å². The number of carboxylic acid groups (broad SMARTS) is 1. The molecule has 21 heavy (non-hydrogen) atoms. The molecule has 5 atom stereocenters. The zero-order valence-corrected chi connectivity index (χ0v) is 13.3. The third-order valence-corrected chi connectivity index (χ3v) is 5.69. The van der Waals surface area contributed by atoms with Crippen molar-refractivity contribution in [1.82, 2.24) is 10.6 Å². The van der Waals surface area contributed by atoms with Gasteiger partial charge in [0, 0.05) is 12.1 Å². The lowest BCUT2D eigenvalue weighted by molar-refractivity contribution is -0.148. The fraction of sp³-hybridized carbons (Fsp3) is 0.875. The van der Waals surface area contributed by atoms with E-state index in [1.165, 1.54) is 0 Å². The Hall–Kier alpha value is -1.26. The van der Waals surface area contributed by atoms with Gasteiger partial charge in [0.05, 0.1) is 5.41 Å². The first kappa shape index (κ1) is 16.1. The minimum atomic E-state index is -0.828. The standard InChI is InChI=1S/C16H28N2O3/c1-10-6-7-12(9-11(10)2)17-15(21)18-13-5-4-8-16(13,3)14(19)20/h10-13H,4-9H2,1-3H3,(H,19,20)(H2,17,18,21). The molecule has 0 aromatic heterocycles. The molecule has 0 bridgehead atoms. The molecule has 2 saturated carbocycles. The molecule has 2 rings (SSSR count). The van der Waals surface area contributed by atoms with Crippen molar-refractivity contribution in [3.05, 3.63) is 0 Å². The maximum Gasteiger partial charge on any atom is 0.315 e. The number of aliphatic carboxylic acids is 1. The van der Waals surface area contributed by atoms with Crippen LogP contribution < -0.4 is 10.6 Å². The van der Waals surface area contributed by atoms with Crippen molar-refractivity contribution in [3.63, 3.8) is 0 Å². The number of hydrogen-bond acceptors (Lipinski definition) is 2. The van der Waals surface area contributed by atoms with E-state index in [0.717, 1.165) is 38.0 Å². The van der Waals surface area contributed by atoms with Crippen LogP contribution >= 0.6 is 0 Å². The second-order valence-electron chi connectivity index (χ2n) is 7.25. The Balaban J connectivity index is 1.86. The van der Waals surface area contributed by atoms with E-state index in [-0.39, 0.29) is 18.1 Å². The Morgan fingerprint density at radius 1 is 1.10 bits per heavy atom. The predicted octanol–water partition coefficient (Wildman–Crippen LogP) is 2.75. The summed E-state index contributed by atoms with van der Waals surface area (Å²) in [6, 6.07) is -0.259. The molecule has 5 nitrogen and oxygen atoms in total. The highest BCUT2D eigenvalue weighted by Crippen LogP contribution is 2.38. The number of carbonyl (C=O) groups is 2. The first-order chi connectivity index (χ1) is 9.83. The Morgan fingerprint density at radius 3 is 2.43 bits per heavy atom.